The van der Waals surface area contributed by atoms with Gasteiger partial charge in [-0.3, -0.25) is 19.6 Å². The lowest BCUT2D eigenvalue weighted by molar-refractivity contribution is -0.155. The fourth-order valence-corrected chi connectivity index (χ4v) is 2.95. The number of nitrogens with zero attached hydrogens (tertiary/aromatic N) is 2. The molecule has 3 unspecified atom stereocenters. The first-order valence-corrected chi connectivity index (χ1v) is 6.04. The van der Waals surface area contributed by atoms with E-state index in [9.17, 15) is 9.59 Å². The lowest BCUT2D eigenvalue weighted by Crippen LogP contribution is -2.47. The molecule has 0 radical (unpaired) electrons. The van der Waals surface area contributed by atoms with Crippen molar-refractivity contribution < 1.29 is 9.59 Å². The molecular formula is C12H15N3O2. The molecule has 1 aromatic heterocycles. The number of piperidine rings is 1. The van der Waals surface area contributed by atoms with Crippen LogP contribution < -0.4 is 0 Å². The number of fused-ring (bicyclic) bond motifs is 2. The van der Waals surface area contributed by atoms with Crippen LogP contribution in [-0.2, 0) is 9.59 Å². The van der Waals surface area contributed by atoms with Crippen molar-refractivity contribution in [3.63, 3.8) is 0 Å². The summed E-state index contributed by atoms with van der Waals surface area (Å²) in [4.78, 5) is 25.9. The predicted octanol–water partition coefficient (Wildman–Crippen LogP) is 1.26. The van der Waals surface area contributed by atoms with Gasteiger partial charge in [0.25, 0.3) is 0 Å². The number of hydrogen-bond donors (Lipinski definition) is 1. The van der Waals surface area contributed by atoms with E-state index in [1.165, 1.54) is 4.90 Å². The quantitative estimate of drug-likeness (QED) is 0.782. The third-order valence-corrected chi connectivity index (χ3v) is 4.00. The number of hydrogen-bond acceptors (Lipinski definition) is 3. The smallest absolute Gasteiger partial charge is 0.232 e. The van der Waals surface area contributed by atoms with E-state index in [2.05, 4.69) is 10.2 Å². The highest BCUT2D eigenvalue weighted by molar-refractivity contribution is 6.01. The molecule has 5 nitrogen and oxygen atoms in total. The van der Waals surface area contributed by atoms with Crippen molar-refractivity contribution in [3.8, 4) is 0 Å². The van der Waals surface area contributed by atoms with Gasteiger partial charge < -0.3 is 0 Å². The van der Waals surface area contributed by atoms with Crippen LogP contribution in [0.2, 0.25) is 0 Å². The monoisotopic (exact) mass is 233 g/mol. The van der Waals surface area contributed by atoms with E-state index in [0.29, 0.717) is 0 Å². The minimum atomic E-state index is -0.211. The van der Waals surface area contributed by atoms with Crippen molar-refractivity contribution in [2.45, 2.75) is 32.2 Å². The highest BCUT2D eigenvalue weighted by Gasteiger charge is 2.47. The Bertz CT molecular complexity index is 432. The molecule has 1 aliphatic carbocycles. The summed E-state index contributed by atoms with van der Waals surface area (Å²) in [5.74, 6) is 0.119. The zero-order valence-electron chi connectivity index (χ0n) is 9.72. The van der Waals surface area contributed by atoms with Gasteiger partial charge in [0.15, 0.2) is 0 Å². The van der Waals surface area contributed by atoms with E-state index in [1.807, 2.05) is 6.92 Å². The van der Waals surface area contributed by atoms with Crippen molar-refractivity contribution in [1.82, 2.24) is 15.1 Å². The van der Waals surface area contributed by atoms with Crippen LogP contribution in [0.3, 0.4) is 0 Å². The summed E-state index contributed by atoms with van der Waals surface area (Å²) >= 11 is 0. The summed E-state index contributed by atoms with van der Waals surface area (Å²) < 4.78 is 0. The molecule has 2 amide bonds. The van der Waals surface area contributed by atoms with Gasteiger partial charge in [-0.15, -0.1) is 0 Å². The number of carbonyl (C=O) groups is 2. The van der Waals surface area contributed by atoms with Crippen molar-refractivity contribution >= 4 is 11.8 Å². The number of carbonyl (C=O) groups excluding carboxylic acids is 2. The third-order valence-electron chi connectivity index (χ3n) is 4.00. The van der Waals surface area contributed by atoms with Crippen LogP contribution in [0.25, 0.3) is 0 Å². The minimum absolute atomic E-state index is 0.00236. The summed E-state index contributed by atoms with van der Waals surface area (Å²) in [6.07, 6.45) is 5.89. The Morgan fingerprint density at radius 3 is 2.53 bits per heavy atom. The van der Waals surface area contributed by atoms with Crippen LogP contribution in [0.4, 0.5) is 0 Å². The van der Waals surface area contributed by atoms with Gasteiger partial charge in [0.2, 0.25) is 11.8 Å². The Hall–Kier alpha value is -1.65. The van der Waals surface area contributed by atoms with Gasteiger partial charge in [-0.05, 0) is 26.2 Å². The second-order valence-corrected chi connectivity index (χ2v) is 4.96. The molecule has 2 bridgehead atoms. The molecule has 1 aromatic rings. The molecular weight excluding hydrogens is 218 g/mol. The van der Waals surface area contributed by atoms with E-state index in [0.717, 1.165) is 24.8 Å². The number of aromatic nitrogens is 2. The highest BCUT2D eigenvalue weighted by Crippen LogP contribution is 2.40. The molecule has 0 spiro atoms. The number of aromatic amines is 1. The highest BCUT2D eigenvalue weighted by atomic mass is 16.2. The zero-order valence-corrected chi connectivity index (χ0v) is 9.72. The molecule has 1 aliphatic heterocycles. The van der Waals surface area contributed by atoms with Crippen LogP contribution in [0.1, 0.15) is 37.8 Å². The molecule has 17 heavy (non-hydrogen) atoms. The summed E-state index contributed by atoms with van der Waals surface area (Å²) in [6.45, 7) is 1.88. The largest absolute Gasteiger partial charge is 0.285 e. The van der Waals surface area contributed by atoms with Crippen LogP contribution in [0.5, 0.6) is 0 Å². The summed E-state index contributed by atoms with van der Waals surface area (Å²) in [7, 11) is 0. The first kappa shape index (κ1) is 10.5. The number of imide groups is 1. The summed E-state index contributed by atoms with van der Waals surface area (Å²) in [6, 6.07) is -0.211. The maximum atomic E-state index is 12.2. The second-order valence-electron chi connectivity index (χ2n) is 4.96. The lowest BCUT2D eigenvalue weighted by Gasteiger charge is -2.33. The normalized spacial score (nSPS) is 29.8. The van der Waals surface area contributed by atoms with Crippen molar-refractivity contribution in [2.24, 2.45) is 11.8 Å². The van der Waals surface area contributed by atoms with Crippen LogP contribution in [0, 0.1) is 11.8 Å². The van der Waals surface area contributed by atoms with Gasteiger partial charge in [0.1, 0.15) is 0 Å². The summed E-state index contributed by atoms with van der Waals surface area (Å²) in [5.41, 5.74) is 0.882. The maximum absolute atomic E-state index is 12.2. The molecule has 3 rings (SSSR count). The first-order chi connectivity index (χ1) is 8.18. The van der Waals surface area contributed by atoms with Gasteiger partial charge in [-0.2, -0.15) is 5.10 Å². The number of amides is 2. The van der Waals surface area contributed by atoms with Gasteiger partial charge in [-0.25, -0.2) is 0 Å². The number of likely N-dealkylation sites (tertiary alicyclic amines) is 1. The topological polar surface area (TPSA) is 66.1 Å². The van der Waals surface area contributed by atoms with Gasteiger partial charge >= 0.3 is 0 Å². The lowest BCUT2D eigenvalue weighted by atomic mass is 9.95. The van der Waals surface area contributed by atoms with E-state index in [4.69, 9.17) is 0 Å². The third kappa shape index (κ3) is 1.49. The molecule has 2 aliphatic rings. The summed E-state index contributed by atoms with van der Waals surface area (Å²) in [5, 5.41) is 6.59. The average Bonchev–Trinajstić information content (AvgIpc) is 2.98. The number of nitrogens with one attached hydrogen (secondary N) is 1. The number of rotatable bonds is 2. The van der Waals surface area contributed by atoms with Crippen molar-refractivity contribution in [1.29, 1.82) is 0 Å². The molecule has 90 valence electrons. The van der Waals surface area contributed by atoms with Crippen molar-refractivity contribution in [3.05, 3.63) is 18.0 Å². The van der Waals surface area contributed by atoms with E-state index >= 15 is 0 Å². The SMILES string of the molecule is CC(c1cn[nH]c1)N1C(=O)C2CCC(C2)C1=O. The Kier molecular flexibility index (Phi) is 2.28. The van der Waals surface area contributed by atoms with Crippen LogP contribution >= 0.6 is 0 Å². The molecule has 2 heterocycles. The van der Waals surface area contributed by atoms with E-state index in [1.54, 1.807) is 12.4 Å². The van der Waals surface area contributed by atoms with E-state index in [-0.39, 0.29) is 29.7 Å². The fraction of sp³-hybridized carbons (Fsp3) is 0.583. The molecule has 0 aromatic carbocycles. The van der Waals surface area contributed by atoms with Crippen molar-refractivity contribution in [2.75, 3.05) is 0 Å². The second kappa shape index (κ2) is 3.68. The first-order valence-electron chi connectivity index (χ1n) is 6.04. The molecule has 2 fully saturated rings. The Morgan fingerprint density at radius 2 is 2.00 bits per heavy atom. The Labute approximate surface area is 99.2 Å². The average molecular weight is 233 g/mol. The molecule has 3 atom stereocenters. The molecule has 1 saturated heterocycles. The Balaban J connectivity index is 1.91. The van der Waals surface area contributed by atoms with Crippen LogP contribution in [-0.4, -0.2) is 26.9 Å². The number of H-pyrrole nitrogens is 1. The molecule has 5 heteroatoms. The van der Waals surface area contributed by atoms with Gasteiger partial charge in [0, 0.05) is 23.6 Å². The standard InChI is InChI=1S/C12H15N3O2/c1-7(10-5-13-14-6-10)15-11(16)8-2-3-9(4-8)12(15)17/h5-9H,2-4H2,1H3,(H,13,14). The van der Waals surface area contributed by atoms with Crippen LogP contribution in [0.15, 0.2) is 12.4 Å². The zero-order chi connectivity index (χ0) is 12.0. The van der Waals surface area contributed by atoms with Gasteiger partial charge in [0.05, 0.1) is 12.2 Å². The predicted molar refractivity (Wildman–Crippen MR) is 59.7 cm³/mol. The molecule has 1 saturated carbocycles. The van der Waals surface area contributed by atoms with Gasteiger partial charge in [-0.1, -0.05) is 0 Å². The molecule has 1 N–H and O–H groups in total. The minimum Gasteiger partial charge on any atom is -0.285 e. The fourth-order valence-electron chi connectivity index (χ4n) is 2.95. The Morgan fingerprint density at radius 1 is 1.35 bits per heavy atom. The van der Waals surface area contributed by atoms with E-state index < -0.39 is 0 Å². The maximum Gasteiger partial charge on any atom is 0.232 e.